The molecule has 2 N–H and O–H groups in total. The average Bonchev–Trinajstić information content (AvgIpc) is 3.31. The standard InChI is InChI=1S/C18H28N4O.HI/c1-3-6-14-13-15(14)20-18(19-2)22-11-9-21(10-12-22)16-7-4-5-8-17(16)23;/h4-5,7-8,14-15,23H,3,6,9-13H2,1-2H3,(H,19,20);1H. The first-order valence-corrected chi connectivity index (χ1v) is 8.74. The van der Waals surface area contributed by atoms with Gasteiger partial charge in [-0.2, -0.15) is 0 Å². The van der Waals surface area contributed by atoms with Crippen LogP contribution >= 0.6 is 24.0 Å². The fraction of sp³-hybridized carbons (Fsp3) is 0.611. The number of hydrogen-bond acceptors (Lipinski definition) is 3. The van der Waals surface area contributed by atoms with E-state index in [4.69, 9.17) is 0 Å². The van der Waals surface area contributed by atoms with Gasteiger partial charge < -0.3 is 20.2 Å². The highest BCUT2D eigenvalue weighted by molar-refractivity contribution is 14.0. The van der Waals surface area contributed by atoms with Gasteiger partial charge in [0.1, 0.15) is 5.75 Å². The summed E-state index contributed by atoms with van der Waals surface area (Å²) in [5.74, 6) is 2.23. The third-order valence-electron chi connectivity index (χ3n) is 4.91. The van der Waals surface area contributed by atoms with Crippen molar-refractivity contribution in [2.75, 3.05) is 38.1 Å². The number of anilines is 1. The van der Waals surface area contributed by atoms with Crippen molar-refractivity contribution in [2.24, 2.45) is 10.9 Å². The molecule has 24 heavy (non-hydrogen) atoms. The van der Waals surface area contributed by atoms with E-state index in [-0.39, 0.29) is 24.0 Å². The van der Waals surface area contributed by atoms with Crippen LogP contribution in [0.15, 0.2) is 29.3 Å². The van der Waals surface area contributed by atoms with Gasteiger partial charge in [0, 0.05) is 39.3 Å². The first kappa shape index (κ1) is 19.1. The maximum absolute atomic E-state index is 10.00. The lowest BCUT2D eigenvalue weighted by Gasteiger charge is -2.38. The maximum atomic E-state index is 10.00. The molecule has 2 aliphatic rings. The number of piperazine rings is 1. The lowest BCUT2D eigenvalue weighted by atomic mass is 10.2. The van der Waals surface area contributed by atoms with Gasteiger partial charge >= 0.3 is 0 Å². The molecule has 2 fully saturated rings. The molecule has 1 aromatic carbocycles. The first-order chi connectivity index (χ1) is 11.2. The molecular formula is C18H29IN4O. The monoisotopic (exact) mass is 444 g/mol. The fourth-order valence-electron chi connectivity index (χ4n) is 3.47. The Hall–Kier alpha value is -1.18. The molecule has 5 nitrogen and oxygen atoms in total. The largest absolute Gasteiger partial charge is 0.506 e. The topological polar surface area (TPSA) is 51.1 Å². The lowest BCUT2D eigenvalue weighted by Crippen LogP contribution is -2.53. The quantitative estimate of drug-likeness (QED) is 0.426. The molecule has 1 saturated heterocycles. The molecule has 1 aliphatic carbocycles. The molecule has 0 bridgehead atoms. The molecule has 2 atom stereocenters. The first-order valence-electron chi connectivity index (χ1n) is 8.74. The van der Waals surface area contributed by atoms with Gasteiger partial charge in [-0.3, -0.25) is 4.99 Å². The molecule has 1 saturated carbocycles. The van der Waals surface area contributed by atoms with E-state index in [0.29, 0.717) is 11.8 Å². The van der Waals surface area contributed by atoms with Gasteiger partial charge in [0.25, 0.3) is 0 Å². The number of halogens is 1. The van der Waals surface area contributed by atoms with Crippen LogP contribution in [-0.2, 0) is 0 Å². The van der Waals surface area contributed by atoms with Crippen LogP contribution in [0.4, 0.5) is 5.69 Å². The molecule has 2 unspecified atom stereocenters. The van der Waals surface area contributed by atoms with E-state index in [0.717, 1.165) is 43.7 Å². The number of para-hydroxylation sites is 2. The van der Waals surface area contributed by atoms with Crippen LogP contribution in [0.5, 0.6) is 5.75 Å². The minimum Gasteiger partial charge on any atom is -0.506 e. The average molecular weight is 444 g/mol. The van der Waals surface area contributed by atoms with E-state index in [1.165, 1.54) is 19.3 Å². The zero-order valence-electron chi connectivity index (χ0n) is 14.6. The zero-order valence-corrected chi connectivity index (χ0v) is 16.9. The van der Waals surface area contributed by atoms with E-state index in [9.17, 15) is 5.11 Å². The number of aliphatic imine (C=N–C) groups is 1. The van der Waals surface area contributed by atoms with Crippen molar-refractivity contribution in [1.82, 2.24) is 10.2 Å². The van der Waals surface area contributed by atoms with Crippen LogP contribution in [0.25, 0.3) is 0 Å². The summed E-state index contributed by atoms with van der Waals surface area (Å²) in [6.45, 7) is 5.92. The molecule has 0 amide bonds. The second-order valence-electron chi connectivity index (χ2n) is 6.55. The Morgan fingerprint density at radius 2 is 1.96 bits per heavy atom. The highest BCUT2D eigenvalue weighted by Crippen LogP contribution is 2.34. The van der Waals surface area contributed by atoms with Crippen molar-refractivity contribution in [3.05, 3.63) is 24.3 Å². The smallest absolute Gasteiger partial charge is 0.193 e. The molecule has 1 aliphatic heterocycles. The van der Waals surface area contributed by atoms with Gasteiger partial charge in [-0.05, 0) is 30.9 Å². The van der Waals surface area contributed by atoms with Crippen molar-refractivity contribution in [1.29, 1.82) is 0 Å². The van der Waals surface area contributed by atoms with Crippen LogP contribution in [0.2, 0.25) is 0 Å². The number of nitrogens with one attached hydrogen (secondary N) is 1. The van der Waals surface area contributed by atoms with Crippen molar-refractivity contribution in [3.63, 3.8) is 0 Å². The Balaban J connectivity index is 0.00000208. The Morgan fingerprint density at radius 1 is 1.25 bits per heavy atom. The van der Waals surface area contributed by atoms with Crippen LogP contribution in [0, 0.1) is 5.92 Å². The summed E-state index contributed by atoms with van der Waals surface area (Å²) in [6, 6.07) is 8.19. The number of benzene rings is 1. The van der Waals surface area contributed by atoms with E-state index in [1.54, 1.807) is 6.07 Å². The predicted molar refractivity (Wildman–Crippen MR) is 111 cm³/mol. The van der Waals surface area contributed by atoms with Gasteiger partial charge in [-0.25, -0.2) is 0 Å². The van der Waals surface area contributed by atoms with Crippen LogP contribution in [0.3, 0.4) is 0 Å². The van der Waals surface area contributed by atoms with E-state index in [2.05, 4.69) is 27.0 Å². The van der Waals surface area contributed by atoms with Gasteiger partial charge in [0.15, 0.2) is 5.96 Å². The molecule has 3 rings (SSSR count). The summed E-state index contributed by atoms with van der Waals surface area (Å²) in [5, 5.41) is 13.6. The number of phenols is 1. The summed E-state index contributed by atoms with van der Waals surface area (Å²) >= 11 is 0. The second kappa shape index (κ2) is 8.78. The SMILES string of the molecule is CCCC1CC1NC(=NC)N1CCN(c2ccccc2O)CC1.I. The van der Waals surface area contributed by atoms with Crippen LogP contribution < -0.4 is 10.2 Å². The second-order valence-corrected chi connectivity index (χ2v) is 6.55. The van der Waals surface area contributed by atoms with Gasteiger partial charge in [-0.15, -0.1) is 24.0 Å². The highest BCUT2D eigenvalue weighted by Gasteiger charge is 2.37. The third kappa shape index (κ3) is 4.46. The summed E-state index contributed by atoms with van der Waals surface area (Å²) < 4.78 is 0. The Labute approximate surface area is 162 Å². The molecular weight excluding hydrogens is 415 g/mol. The molecule has 0 radical (unpaired) electrons. The Bertz CT molecular complexity index is 558. The molecule has 6 heteroatoms. The highest BCUT2D eigenvalue weighted by atomic mass is 127. The van der Waals surface area contributed by atoms with Crippen LogP contribution in [0.1, 0.15) is 26.2 Å². The summed E-state index contributed by atoms with van der Waals surface area (Å²) in [4.78, 5) is 9.04. The summed E-state index contributed by atoms with van der Waals surface area (Å²) in [5.41, 5.74) is 0.931. The molecule has 134 valence electrons. The normalized spacial score (nSPS) is 23.7. The molecule has 0 aromatic heterocycles. The molecule has 1 aromatic rings. The predicted octanol–water partition coefficient (Wildman–Crippen LogP) is 2.90. The number of nitrogens with zero attached hydrogens (tertiary/aromatic N) is 3. The summed E-state index contributed by atoms with van der Waals surface area (Å²) in [6.07, 6.45) is 3.86. The number of phenolic OH excluding ortho intramolecular Hbond substituents is 1. The Kier molecular flexibility index (Phi) is 7.01. The van der Waals surface area contributed by atoms with Gasteiger partial charge in [0.2, 0.25) is 0 Å². The molecule has 1 heterocycles. The van der Waals surface area contributed by atoms with Crippen LogP contribution in [-0.4, -0.2) is 55.2 Å². The minimum absolute atomic E-state index is 0. The number of aromatic hydroxyl groups is 1. The number of hydrogen-bond donors (Lipinski definition) is 2. The van der Waals surface area contributed by atoms with E-state index in [1.807, 2.05) is 25.2 Å². The van der Waals surface area contributed by atoms with Crippen molar-refractivity contribution in [2.45, 2.75) is 32.2 Å². The number of guanidine groups is 1. The van der Waals surface area contributed by atoms with E-state index < -0.39 is 0 Å². The Morgan fingerprint density at radius 3 is 2.58 bits per heavy atom. The van der Waals surface area contributed by atoms with E-state index >= 15 is 0 Å². The number of rotatable bonds is 4. The zero-order chi connectivity index (χ0) is 16.2. The maximum Gasteiger partial charge on any atom is 0.193 e. The van der Waals surface area contributed by atoms with Gasteiger partial charge in [0.05, 0.1) is 5.69 Å². The van der Waals surface area contributed by atoms with Crippen molar-refractivity contribution in [3.8, 4) is 5.75 Å². The van der Waals surface area contributed by atoms with Gasteiger partial charge in [-0.1, -0.05) is 25.5 Å². The van der Waals surface area contributed by atoms with Crippen molar-refractivity contribution >= 4 is 35.6 Å². The fourth-order valence-corrected chi connectivity index (χ4v) is 3.47. The third-order valence-corrected chi connectivity index (χ3v) is 4.91. The molecule has 0 spiro atoms. The summed E-state index contributed by atoms with van der Waals surface area (Å²) in [7, 11) is 1.87. The lowest BCUT2D eigenvalue weighted by molar-refractivity contribution is 0.368. The van der Waals surface area contributed by atoms with Crippen molar-refractivity contribution < 1.29 is 5.11 Å². The minimum atomic E-state index is 0.